The van der Waals surface area contributed by atoms with Crippen LogP contribution in [0.25, 0.3) is 0 Å². The van der Waals surface area contributed by atoms with Gasteiger partial charge in [0.05, 0.1) is 11.3 Å². The van der Waals surface area contributed by atoms with Gasteiger partial charge in [-0.15, -0.1) is 0 Å². The molecule has 2 aliphatic rings. The Morgan fingerprint density at radius 1 is 1.06 bits per heavy atom. The summed E-state index contributed by atoms with van der Waals surface area (Å²) in [6.07, 6.45) is -0.241. The predicted octanol–water partition coefficient (Wildman–Crippen LogP) is 3.08. The second-order valence-electron chi connectivity index (χ2n) is 8.40. The normalized spacial score (nSPS) is 18.5. The van der Waals surface area contributed by atoms with Crippen LogP contribution < -0.4 is 10.2 Å². The van der Waals surface area contributed by atoms with Crippen molar-refractivity contribution in [1.82, 2.24) is 15.1 Å². The quantitative estimate of drug-likeness (QED) is 0.578. The van der Waals surface area contributed by atoms with E-state index >= 15 is 0 Å². The minimum absolute atomic E-state index is 0.144. The van der Waals surface area contributed by atoms with E-state index in [1.165, 1.54) is 0 Å². The Balaban J connectivity index is 1.24. The summed E-state index contributed by atoms with van der Waals surface area (Å²) in [5, 5.41) is 12.1. The molecule has 0 aliphatic carbocycles. The van der Waals surface area contributed by atoms with E-state index in [0.29, 0.717) is 38.3 Å². The fourth-order valence-electron chi connectivity index (χ4n) is 4.38. The number of benzene rings is 2. The molecule has 0 spiro atoms. The van der Waals surface area contributed by atoms with Gasteiger partial charge in [0, 0.05) is 38.8 Å². The number of anilines is 1. The first-order chi connectivity index (χ1) is 16.8. The lowest BCUT2D eigenvalue weighted by Gasteiger charge is -2.36. The first-order valence-electron chi connectivity index (χ1n) is 11.3. The molecule has 2 heterocycles. The number of carbonyl (C=O) groups excluding carboxylic acids is 2. The van der Waals surface area contributed by atoms with Crippen molar-refractivity contribution in [2.24, 2.45) is 0 Å². The van der Waals surface area contributed by atoms with Gasteiger partial charge in [-0.2, -0.15) is 0 Å². The number of hydrogen-bond donors (Lipinski definition) is 2. The summed E-state index contributed by atoms with van der Waals surface area (Å²) in [6, 6.07) is 8.21. The maximum Gasteiger partial charge on any atom is 0.418 e. The van der Waals surface area contributed by atoms with Gasteiger partial charge in [0.15, 0.2) is 0 Å². The number of hydrogen-bond acceptors (Lipinski definition) is 6. The second kappa shape index (κ2) is 10.7. The van der Waals surface area contributed by atoms with Crippen molar-refractivity contribution in [1.29, 1.82) is 0 Å². The van der Waals surface area contributed by atoms with Crippen LogP contribution >= 0.6 is 0 Å². The number of aromatic carboxylic acids is 1. The number of para-hydroxylation sites is 1. The van der Waals surface area contributed by atoms with E-state index in [-0.39, 0.29) is 17.7 Å². The monoisotopic (exact) mass is 488 g/mol. The van der Waals surface area contributed by atoms with Crippen LogP contribution in [0.15, 0.2) is 42.5 Å². The Labute approximate surface area is 200 Å². The largest absolute Gasteiger partial charge is 0.478 e. The molecule has 0 bridgehead atoms. The summed E-state index contributed by atoms with van der Waals surface area (Å²) in [7, 11) is 0. The van der Waals surface area contributed by atoms with Crippen LogP contribution in [0.5, 0.6) is 0 Å². The van der Waals surface area contributed by atoms with Crippen molar-refractivity contribution in [3.63, 3.8) is 0 Å². The number of cyclic esters (lactones) is 1. The lowest BCUT2D eigenvalue weighted by Crippen LogP contribution is -2.47. The van der Waals surface area contributed by atoms with Crippen LogP contribution in [0.3, 0.4) is 0 Å². The van der Waals surface area contributed by atoms with E-state index < -0.39 is 35.8 Å². The summed E-state index contributed by atoms with van der Waals surface area (Å²) < 4.78 is 32.1. The average Bonchev–Trinajstić information content (AvgIpc) is 3.23. The van der Waals surface area contributed by atoms with E-state index in [9.17, 15) is 28.3 Å². The van der Waals surface area contributed by atoms with Gasteiger partial charge in [-0.3, -0.25) is 4.90 Å². The van der Waals surface area contributed by atoms with Crippen LogP contribution in [0, 0.1) is 11.6 Å². The molecular weight excluding hydrogens is 462 g/mol. The van der Waals surface area contributed by atoms with Gasteiger partial charge in [0.2, 0.25) is 0 Å². The Bertz CT molecular complexity index is 1090. The third-order valence-corrected chi connectivity index (χ3v) is 6.14. The Morgan fingerprint density at radius 3 is 2.43 bits per heavy atom. The molecule has 0 aromatic heterocycles. The molecule has 9 nitrogen and oxygen atoms in total. The standard InChI is InChI=1S/C24H26F2N4O5/c25-17-12-16(13-18(26)14-17)21-15-35-24(34)30(21)23(33)27-6-3-7-28-8-10-29(11-9-28)20-5-2-1-4-19(20)22(31)32/h1-2,4-5,12-14,21H,3,6-11,15H2,(H,27,33)(H,31,32). The van der Waals surface area contributed by atoms with Gasteiger partial charge in [-0.25, -0.2) is 28.1 Å². The number of carboxylic acids is 1. The number of carbonyl (C=O) groups is 3. The number of urea groups is 1. The lowest BCUT2D eigenvalue weighted by atomic mass is 10.1. The smallest absolute Gasteiger partial charge is 0.418 e. The van der Waals surface area contributed by atoms with E-state index in [1.54, 1.807) is 12.1 Å². The molecule has 186 valence electrons. The molecule has 2 fully saturated rings. The highest BCUT2D eigenvalue weighted by Crippen LogP contribution is 2.29. The number of ether oxygens (including phenoxy) is 1. The summed E-state index contributed by atoms with van der Waals surface area (Å²) in [5.74, 6) is -2.55. The molecule has 2 aromatic carbocycles. The number of rotatable bonds is 7. The van der Waals surface area contributed by atoms with Crippen LogP contribution in [0.4, 0.5) is 24.1 Å². The first-order valence-corrected chi connectivity index (χ1v) is 11.3. The van der Waals surface area contributed by atoms with Gasteiger partial charge in [0.1, 0.15) is 24.3 Å². The molecule has 0 saturated carbocycles. The van der Waals surface area contributed by atoms with E-state index in [2.05, 4.69) is 15.1 Å². The Morgan fingerprint density at radius 2 is 1.74 bits per heavy atom. The molecule has 11 heteroatoms. The fourth-order valence-corrected chi connectivity index (χ4v) is 4.38. The molecule has 35 heavy (non-hydrogen) atoms. The van der Waals surface area contributed by atoms with Crippen LogP contribution in [0.2, 0.25) is 0 Å². The molecule has 3 amide bonds. The number of imide groups is 1. The highest BCUT2D eigenvalue weighted by molar-refractivity contribution is 5.94. The van der Waals surface area contributed by atoms with Crippen molar-refractivity contribution < 1.29 is 33.0 Å². The SMILES string of the molecule is O=C(O)c1ccccc1N1CCN(CCCNC(=O)N2C(=O)OCC2c2cc(F)cc(F)c2)CC1. The van der Waals surface area contributed by atoms with Crippen LogP contribution in [-0.4, -0.2) is 78.9 Å². The van der Waals surface area contributed by atoms with E-state index in [0.717, 1.165) is 36.2 Å². The maximum absolute atomic E-state index is 13.6. The average molecular weight is 488 g/mol. The molecule has 0 radical (unpaired) electrons. The summed E-state index contributed by atoms with van der Waals surface area (Å²) in [4.78, 5) is 41.3. The highest BCUT2D eigenvalue weighted by atomic mass is 19.1. The number of halogens is 2. The lowest BCUT2D eigenvalue weighted by molar-refractivity contribution is 0.0697. The number of carboxylic acid groups (broad SMARTS) is 1. The number of amides is 3. The zero-order valence-electron chi connectivity index (χ0n) is 19.0. The number of piperazine rings is 1. The molecule has 2 aliphatic heterocycles. The van der Waals surface area contributed by atoms with Gasteiger partial charge < -0.3 is 20.1 Å². The molecular formula is C24H26F2N4O5. The topological polar surface area (TPSA) is 102 Å². The maximum atomic E-state index is 13.6. The number of nitrogens with one attached hydrogen (secondary N) is 1. The zero-order valence-corrected chi connectivity index (χ0v) is 19.0. The van der Waals surface area contributed by atoms with Crippen molar-refractivity contribution >= 4 is 23.8 Å². The van der Waals surface area contributed by atoms with Crippen molar-refractivity contribution in [2.45, 2.75) is 12.5 Å². The number of nitrogens with zero attached hydrogens (tertiary/aromatic N) is 3. The molecule has 2 N–H and O–H groups in total. The molecule has 4 rings (SSSR count). The predicted molar refractivity (Wildman–Crippen MR) is 122 cm³/mol. The minimum Gasteiger partial charge on any atom is -0.478 e. The minimum atomic E-state index is -0.953. The molecule has 2 saturated heterocycles. The van der Waals surface area contributed by atoms with Crippen LogP contribution in [0.1, 0.15) is 28.4 Å². The van der Waals surface area contributed by atoms with E-state index in [4.69, 9.17) is 4.74 Å². The van der Waals surface area contributed by atoms with Crippen molar-refractivity contribution in [2.75, 3.05) is 50.8 Å². The Kier molecular flexibility index (Phi) is 7.45. The van der Waals surface area contributed by atoms with Gasteiger partial charge >= 0.3 is 18.1 Å². The Hall–Kier alpha value is -3.73. The van der Waals surface area contributed by atoms with Gasteiger partial charge in [-0.1, -0.05) is 12.1 Å². The van der Waals surface area contributed by atoms with Crippen molar-refractivity contribution in [3.8, 4) is 0 Å². The summed E-state index contributed by atoms with van der Waals surface area (Å²) in [5.41, 5.74) is 1.13. The van der Waals surface area contributed by atoms with Crippen LogP contribution in [-0.2, 0) is 4.74 Å². The fraction of sp³-hybridized carbons (Fsp3) is 0.375. The second-order valence-corrected chi connectivity index (χ2v) is 8.40. The molecule has 1 unspecified atom stereocenters. The van der Waals surface area contributed by atoms with Gasteiger partial charge in [-0.05, 0) is 42.8 Å². The van der Waals surface area contributed by atoms with E-state index in [1.807, 2.05) is 12.1 Å². The third kappa shape index (κ3) is 5.68. The van der Waals surface area contributed by atoms with Crippen molar-refractivity contribution in [3.05, 3.63) is 65.2 Å². The zero-order chi connectivity index (χ0) is 24.9. The first kappa shape index (κ1) is 24.4. The third-order valence-electron chi connectivity index (χ3n) is 6.14. The molecule has 2 aromatic rings. The molecule has 1 atom stereocenters. The summed E-state index contributed by atoms with van der Waals surface area (Å²) in [6.45, 7) is 3.68. The van der Waals surface area contributed by atoms with Gasteiger partial charge in [0.25, 0.3) is 0 Å². The highest BCUT2D eigenvalue weighted by Gasteiger charge is 2.39. The summed E-state index contributed by atoms with van der Waals surface area (Å²) >= 11 is 0.